The standard InChI is InChI=1S/C63H74N14O10/c1-39(78)40-20-25-45(26-21-40)77-38-44(72-74-77)13-12-17-56(79)66-32-11-8-16-57(80)69-53(62(84)70-52(59(64)81)14-6-9-33-67-60(82)41-18-23-43(24-19-41)71-73-65)15-7-10-34-68-61(83)42-22-29-48(51(35-42)63(85)86)58-49-30-27-46(75(2)3)36-54(49)87-55-37-47(76(4)5)28-31-50(55)58/h18-31,35-38,49,52-53,58H,6-17,32-34H2,1-5H3,(H7-,64,66,67,68,69,70,79,80,81,82,83,84,85,86)/p+1/t49?,52-,53-,58?/m0/s1. The number of benzene rings is 4. The number of carbonyl (C=O) groups excluding carboxylic acids is 7. The lowest BCUT2D eigenvalue weighted by Gasteiger charge is -2.36. The molecule has 0 bridgehead atoms. The van der Waals surface area contributed by atoms with Crippen LogP contribution in [-0.2, 0) is 25.6 Å². The first-order chi connectivity index (χ1) is 41.8. The number of hydrogen-bond donors (Lipinski definition) is 7. The third kappa shape index (κ3) is 18.3. The molecule has 1 aliphatic carbocycles. The normalized spacial score (nSPS) is 14.5. The van der Waals surface area contributed by atoms with Gasteiger partial charge in [-0.1, -0.05) is 40.7 Å². The molecule has 7 rings (SSSR count). The van der Waals surface area contributed by atoms with Crippen LogP contribution in [0.4, 0.5) is 11.4 Å². The number of carboxylic acid groups (broad SMARTS) is 1. The molecule has 1 aromatic heterocycles. The molecule has 2 heterocycles. The number of allylic oxidation sites excluding steroid dienone is 3. The van der Waals surface area contributed by atoms with Gasteiger partial charge in [-0.25, -0.2) is 14.1 Å². The van der Waals surface area contributed by atoms with E-state index in [9.17, 15) is 43.5 Å². The molecule has 24 heteroatoms. The number of rotatable bonds is 31. The number of nitrogens with zero attached hydrogens (tertiary/aromatic N) is 8. The van der Waals surface area contributed by atoms with E-state index in [1.807, 2.05) is 74.1 Å². The maximum absolute atomic E-state index is 13.9. The largest absolute Gasteiger partial charge is 0.478 e. The first kappa shape index (κ1) is 64.6. The summed E-state index contributed by atoms with van der Waals surface area (Å²) in [6.45, 7) is 2.22. The van der Waals surface area contributed by atoms with E-state index in [2.05, 4.69) is 46.9 Å². The van der Waals surface area contributed by atoms with Gasteiger partial charge in [0.1, 0.15) is 37.7 Å². The average Bonchev–Trinajstić information content (AvgIpc) is 1.11. The number of ketones is 1. The minimum Gasteiger partial charge on any atom is -0.478 e. The highest BCUT2D eigenvalue weighted by Gasteiger charge is 2.39. The summed E-state index contributed by atoms with van der Waals surface area (Å²) in [7, 11) is 7.71. The Morgan fingerprint density at radius 1 is 0.759 bits per heavy atom. The van der Waals surface area contributed by atoms with E-state index in [-0.39, 0.29) is 73.4 Å². The molecule has 456 valence electrons. The molecule has 2 unspecified atom stereocenters. The number of fused-ring (bicyclic) bond motifs is 2. The fraction of sp³-hybridized carbons (Fsp3) is 0.381. The summed E-state index contributed by atoms with van der Waals surface area (Å²) in [5, 5.41) is 36.5. The Balaban J connectivity index is 0.919. The van der Waals surface area contributed by atoms with Gasteiger partial charge in [-0.15, -0.1) is 5.10 Å². The fourth-order valence-electron chi connectivity index (χ4n) is 10.1. The molecule has 4 atom stereocenters. The van der Waals surface area contributed by atoms with Crippen molar-refractivity contribution in [2.24, 2.45) is 16.8 Å². The Labute approximate surface area is 504 Å². The highest BCUT2D eigenvalue weighted by atomic mass is 16.5. The number of nitrogens with two attached hydrogens (primary N) is 1. The predicted octanol–water partition coefficient (Wildman–Crippen LogP) is 6.75. The number of ether oxygens (including phenoxy) is 1. The number of carbonyl (C=O) groups is 8. The predicted molar refractivity (Wildman–Crippen MR) is 326 cm³/mol. The zero-order valence-electron chi connectivity index (χ0n) is 49.6. The van der Waals surface area contributed by atoms with Crippen LogP contribution in [0.5, 0.6) is 5.75 Å². The Hall–Kier alpha value is -9.96. The third-order valence-electron chi connectivity index (χ3n) is 15.0. The summed E-state index contributed by atoms with van der Waals surface area (Å²) in [6.07, 6.45) is 11.7. The average molecular weight is 1190 g/mol. The number of amides is 6. The highest BCUT2D eigenvalue weighted by Crippen LogP contribution is 2.49. The summed E-state index contributed by atoms with van der Waals surface area (Å²) in [5.74, 6) is -3.60. The fourth-order valence-corrected chi connectivity index (χ4v) is 10.1. The molecule has 6 amide bonds. The zero-order valence-corrected chi connectivity index (χ0v) is 49.6. The molecule has 2 aliphatic rings. The molecule has 24 nitrogen and oxygen atoms in total. The lowest BCUT2D eigenvalue weighted by Crippen LogP contribution is -2.53. The van der Waals surface area contributed by atoms with Crippen LogP contribution in [0.2, 0.25) is 0 Å². The van der Waals surface area contributed by atoms with Crippen LogP contribution in [0.1, 0.15) is 142 Å². The number of aromatic carboxylic acids is 1. The molecule has 87 heavy (non-hydrogen) atoms. The number of hydrogen-bond acceptors (Lipinski definition) is 13. The maximum Gasteiger partial charge on any atom is 0.336 e. The SMILES string of the molecule is CC(=O)c1ccc(-n2cc(CCCC(=O)NCCCCC(=O)N[C@@H](CCCCNC(=O)c3ccc(C4c5ccc(N(C)C)cc5OC5=CC(=[N+](C)C)C=CC54)c(C(=O)O)c3)C(=O)N[C@@H](CCCCNC(=O)c3ccc(N=[N+]=[N-])cc3)C(N)=O)nn2)cc1. The van der Waals surface area contributed by atoms with Gasteiger partial charge < -0.3 is 47.1 Å². The third-order valence-corrected chi connectivity index (χ3v) is 15.0. The lowest BCUT2D eigenvalue weighted by molar-refractivity contribution is -0.462. The van der Waals surface area contributed by atoms with Gasteiger partial charge in [0, 0.05) is 115 Å². The molecule has 1 aliphatic heterocycles. The number of aryl methyl sites for hydroxylation is 1. The van der Waals surface area contributed by atoms with Crippen LogP contribution >= 0.6 is 0 Å². The van der Waals surface area contributed by atoms with Gasteiger partial charge >= 0.3 is 5.97 Å². The number of unbranched alkanes of at least 4 members (excludes halogenated alkanes) is 3. The highest BCUT2D eigenvalue weighted by molar-refractivity contribution is 6.02. The topological polar surface area (TPSA) is 338 Å². The molecule has 8 N–H and O–H groups in total. The van der Waals surface area contributed by atoms with E-state index in [1.165, 1.54) is 37.3 Å². The Morgan fingerprint density at radius 2 is 1.39 bits per heavy atom. The number of Topliss-reactive ketones (excluding diaryl/α,β-unsaturated/α-hetero) is 1. The second kappa shape index (κ2) is 31.3. The van der Waals surface area contributed by atoms with Gasteiger partial charge in [0.15, 0.2) is 5.78 Å². The Bertz CT molecular complexity index is 3490. The van der Waals surface area contributed by atoms with Crippen LogP contribution in [0.3, 0.4) is 0 Å². The first-order valence-electron chi connectivity index (χ1n) is 29.0. The van der Waals surface area contributed by atoms with Gasteiger partial charge in [-0.2, -0.15) is 0 Å². The number of azide groups is 1. The monoisotopic (exact) mass is 1190 g/mol. The van der Waals surface area contributed by atoms with Crippen molar-refractivity contribution < 1.29 is 52.8 Å². The van der Waals surface area contributed by atoms with Gasteiger partial charge in [0.05, 0.1) is 23.1 Å². The van der Waals surface area contributed by atoms with Gasteiger partial charge in [0.2, 0.25) is 29.3 Å². The molecule has 0 saturated carbocycles. The molecule has 0 radical (unpaired) electrons. The summed E-state index contributed by atoms with van der Waals surface area (Å²) in [6, 6.07) is 21.4. The van der Waals surface area contributed by atoms with Crippen LogP contribution < -0.4 is 42.0 Å². The van der Waals surface area contributed by atoms with Crippen molar-refractivity contribution >= 4 is 64.3 Å². The lowest BCUT2D eigenvalue weighted by atomic mass is 9.74. The molecule has 4 aromatic carbocycles. The van der Waals surface area contributed by atoms with Gasteiger partial charge in [-0.05, 0) is 137 Å². The Kier molecular flexibility index (Phi) is 23.2. The smallest absolute Gasteiger partial charge is 0.336 e. The zero-order chi connectivity index (χ0) is 62.6. The van der Waals surface area contributed by atoms with Crippen LogP contribution in [0.15, 0.2) is 120 Å². The van der Waals surface area contributed by atoms with Crippen molar-refractivity contribution in [1.29, 1.82) is 0 Å². The molecular weight excluding hydrogens is 1110 g/mol. The molecule has 5 aromatic rings. The van der Waals surface area contributed by atoms with Crippen LogP contribution in [-0.4, -0.2) is 137 Å². The quantitative estimate of drug-likeness (QED) is 0.00604. The van der Waals surface area contributed by atoms with Crippen LogP contribution in [0.25, 0.3) is 16.1 Å². The van der Waals surface area contributed by atoms with E-state index in [1.54, 1.807) is 47.3 Å². The van der Waals surface area contributed by atoms with E-state index in [0.717, 1.165) is 22.6 Å². The number of anilines is 1. The molecular formula is C63H75N14O10+. The van der Waals surface area contributed by atoms with Crippen LogP contribution in [0, 0.1) is 5.92 Å². The number of nitrogens with one attached hydrogen (secondary N) is 5. The number of carboxylic acids is 1. The van der Waals surface area contributed by atoms with E-state index >= 15 is 0 Å². The van der Waals surface area contributed by atoms with Crippen molar-refractivity contribution in [2.75, 3.05) is 52.7 Å². The molecule has 0 saturated heterocycles. The maximum atomic E-state index is 13.9. The second-order valence-corrected chi connectivity index (χ2v) is 21.8. The van der Waals surface area contributed by atoms with E-state index in [4.69, 9.17) is 16.0 Å². The van der Waals surface area contributed by atoms with Crippen molar-refractivity contribution in [3.63, 3.8) is 0 Å². The summed E-state index contributed by atoms with van der Waals surface area (Å²) in [5.41, 5.74) is 20.4. The minimum absolute atomic E-state index is 0.0305. The summed E-state index contributed by atoms with van der Waals surface area (Å²) < 4.78 is 10.1. The number of aromatic nitrogens is 3. The number of primary amides is 1. The van der Waals surface area contributed by atoms with Gasteiger partial charge in [-0.3, -0.25) is 33.6 Å². The van der Waals surface area contributed by atoms with E-state index in [0.29, 0.717) is 97.5 Å². The minimum atomic E-state index is -1.20. The van der Waals surface area contributed by atoms with Crippen molar-refractivity contribution in [3.8, 4) is 11.4 Å². The van der Waals surface area contributed by atoms with Crippen molar-refractivity contribution in [2.45, 2.75) is 102 Å². The molecule has 0 spiro atoms. The second-order valence-electron chi connectivity index (χ2n) is 21.8. The van der Waals surface area contributed by atoms with Crippen molar-refractivity contribution in [1.82, 2.24) is 41.6 Å². The van der Waals surface area contributed by atoms with Gasteiger partial charge in [0.25, 0.3) is 11.8 Å². The van der Waals surface area contributed by atoms with E-state index < -0.39 is 47.6 Å². The van der Waals surface area contributed by atoms with Crippen molar-refractivity contribution in [3.05, 3.63) is 165 Å². The molecule has 0 fully saturated rings. The summed E-state index contributed by atoms with van der Waals surface area (Å²) in [4.78, 5) is 108. The Morgan fingerprint density at radius 3 is 2.05 bits per heavy atom. The summed E-state index contributed by atoms with van der Waals surface area (Å²) >= 11 is 0. The first-order valence-corrected chi connectivity index (χ1v) is 29.0.